The second-order valence-electron chi connectivity index (χ2n) is 5.04. The van der Waals surface area contributed by atoms with Gasteiger partial charge in [0.05, 0.1) is 18.4 Å². The fraction of sp³-hybridized carbons (Fsp3) is 0.286. The van der Waals surface area contributed by atoms with Crippen molar-refractivity contribution in [2.24, 2.45) is 0 Å². The van der Waals surface area contributed by atoms with Crippen molar-refractivity contribution in [3.05, 3.63) is 24.3 Å². The average molecular weight is 413 g/mol. The first-order chi connectivity index (χ1) is 11.3. The van der Waals surface area contributed by atoms with Gasteiger partial charge in [-0.3, -0.25) is 14.4 Å². The number of fused-ring (bicyclic) bond motifs is 1. The van der Waals surface area contributed by atoms with Crippen molar-refractivity contribution in [3.8, 4) is 0 Å². The second kappa shape index (κ2) is 12.1. The number of aliphatic carboxylic acids is 2. The quantitative estimate of drug-likeness (QED) is 0.260. The Labute approximate surface area is 181 Å². The van der Waals surface area contributed by atoms with Gasteiger partial charge in [0.25, 0.3) is 0 Å². The first-order valence-electron chi connectivity index (χ1n) is 6.73. The van der Waals surface area contributed by atoms with Gasteiger partial charge in [-0.15, -0.1) is 5.10 Å². The zero-order chi connectivity index (χ0) is 17.9. The summed E-state index contributed by atoms with van der Waals surface area (Å²) in [7, 11) is 0. The summed E-state index contributed by atoms with van der Waals surface area (Å²) in [4.78, 5) is 46.1. The molecule has 0 saturated carbocycles. The number of hydrogen-bond acceptors (Lipinski definition) is 7. The van der Waals surface area contributed by atoms with Gasteiger partial charge in [-0.2, -0.15) is 0 Å². The number of rotatable bonds is 6. The fourth-order valence-corrected chi connectivity index (χ4v) is 2.35. The van der Waals surface area contributed by atoms with Gasteiger partial charge < -0.3 is 32.8 Å². The summed E-state index contributed by atoms with van der Waals surface area (Å²) in [6.45, 7) is 0.948. The maximum absolute atomic E-state index is 12.4. The van der Waals surface area contributed by atoms with Crippen LogP contribution in [0.2, 0.25) is 0 Å². The molecule has 8 N–H and O–H groups in total. The standard InChI is InChI=1S/C14H13N3O7.Na.3H2O.H/c1-8(18)24-13(23)14(6-11(19)20,7-12(21)22)17-10-5-3-2-4-9(10)15-16-17;;;;;/h2-5H,6-7H2,1H3,(H,19,20)(H,21,22);;3*1H2;/q;+1;;;;-1. The van der Waals surface area contributed by atoms with Crippen LogP contribution in [0.5, 0.6) is 0 Å². The maximum atomic E-state index is 12.4. The Morgan fingerprint density at radius 3 is 2.04 bits per heavy atom. The Bertz CT molecular complexity index is 828. The molecule has 0 radical (unpaired) electrons. The molecule has 1 heterocycles. The number of ether oxygens (including phenoxy) is 1. The number of para-hydroxylation sites is 1. The molecular weight excluding hydrogens is 393 g/mol. The first kappa shape index (κ1) is 30.3. The third-order valence-corrected chi connectivity index (χ3v) is 3.26. The van der Waals surface area contributed by atoms with Crippen LogP contribution in [0.15, 0.2) is 24.3 Å². The molecule has 1 aromatic carbocycles. The van der Waals surface area contributed by atoms with E-state index in [4.69, 9.17) is 10.2 Å². The molecule has 0 bridgehead atoms. The Balaban J connectivity index is -0.000000625. The second-order valence-corrected chi connectivity index (χ2v) is 5.04. The number of hydrogen-bond donors (Lipinski definition) is 2. The molecule has 1 aromatic heterocycles. The molecule has 2 rings (SSSR count). The van der Waals surface area contributed by atoms with Crippen molar-refractivity contribution in [2.45, 2.75) is 25.3 Å². The van der Waals surface area contributed by atoms with Crippen LogP contribution >= 0.6 is 0 Å². The van der Waals surface area contributed by atoms with Crippen LogP contribution in [0.3, 0.4) is 0 Å². The minimum absolute atomic E-state index is 0. The molecule has 0 atom stereocenters. The van der Waals surface area contributed by atoms with E-state index in [1.165, 1.54) is 6.07 Å². The monoisotopic (exact) mass is 413 g/mol. The molecule has 0 fully saturated rings. The summed E-state index contributed by atoms with van der Waals surface area (Å²) >= 11 is 0. The van der Waals surface area contributed by atoms with Crippen molar-refractivity contribution in [1.82, 2.24) is 15.0 Å². The van der Waals surface area contributed by atoms with Gasteiger partial charge in [0.2, 0.25) is 0 Å². The van der Waals surface area contributed by atoms with Crippen molar-refractivity contribution in [2.75, 3.05) is 0 Å². The molecular formula is C14H20N3NaO10. The molecule has 0 spiro atoms. The minimum Gasteiger partial charge on any atom is -1.00 e. The van der Waals surface area contributed by atoms with Crippen molar-refractivity contribution < 1.29 is 81.5 Å². The van der Waals surface area contributed by atoms with Gasteiger partial charge >= 0.3 is 53.4 Å². The van der Waals surface area contributed by atoms with Crippen LogP contribution in [0.4, 0.5) is 0 Å². The molecule has 14 heteroatoms. The SMILES string of the molecule is CC(=O)OC(=O)C(CC(=O)O)(CC(=O)O)n1nnc2ccccc21.O.O.O.[H-].[Na+]. The van der Waals surface area contributed by atoms with E-state index in [-0.39, 0.29) is 52.9 Å². The Kier molecular flexibility index (Phi) is 13.1. The smallest absolute Gasteiger partial charge is 1.00 e. The van der Waals surface area contributed by atoms with E-state index < -0.39 is 42.3 Å². The van der Waals surface area contributed by atoms with Gasteiger partial charge in [-0.25, -0.2) is 9.48 Å². The summed E-state index contributed by atoms with van der Waals surface area (Å²) < 4.78 is 5.38. The number of aromatic nitrogens is 3. The van der Waals surface area contributed by atoms with Gasteiger partial charge in [-0.05, 0) is 12.1 Å². The summed E-state index contributed by atoms with van der Waals surface area (Å²) in [5, 5.41) is 25.9. The number of carbonyl (C=O) groups excluding carboxylic acids is 2. The molecule has 0 aliphatic carbocycles. The van der Waals surface area contributed by atoms with Gasteiger partial charge in [0.1, 0.15) is 5.52 Å². The van der Waals surface area contributed by atoms with Crippen LogP contribution in [-0.4, -0.2) is 65.5 Å². The molecule has 0 aliphatic heterocycles. The van der Waals surface area contributed by atoms with E-state index in [9.17, 15) is 19.2 Å². The zero-order valence-electron chi connectivity index (χ0n) is 16.0. The predicted octanol–water partition coefficient (Wildman–Crippen LogP) is -5.19. The Morgan fingerprint density at radius 1 is 1.07 bits per heavy atom. The number of benzene rings is 1. The molecule has 0 unspecified atom stereocenters. The zero-order valence-corrected chi connectivity index (χ0v) is 17.0. The third kappa shape index (κ3) is 6.33. The van der Waals surface area contributed by atoms with E-state index >= 15 is 0 Å². The molecule has 13 nitrogen and oxygen atoms in total. The van der Waals surface area contributed by atoms with Crippen molar-refractivity contribution >= 4 is 34.9 Å². The average Bonchev–Trinajstić information content (AvgIpc) is 2.88. The van der Waals surface area contributed by atoms with Crippen LogP contribution in [-0.2, 0) is 29.5 Å². The predicted molar refractivity (Wildman–Crippen MR) is 88.7 cm³/mol. The summed E-state index contributed by atoms with van der Waals surface area (Å²) in [5.74, 6) is -5.24. The molecule has 152 valence electrons. The first-order valence-corrected chi connectivity index (χ1v) is 6.73. The normalized spacial score (nSPS) is 9.61. The number of carboxylic acids is 2. The maximum Gasteiger partial charge on any atom is 1.00 e. The van der Waals surface area contributed by atoms with Crippen molar-refractivity contribution in [3.63, 3.8) is 0 Å². The minimum atomic E-state index is -2.25. The molecule has 0 aliphatic rings. The van der Waals surface area contributed by atoms with Gasteiger partial charge in [-0.1, -0.05) is 17.3 Å². The number of carboxylic acid groups (broad SMARTS) is 2. The van der Waals surface area contributed by atoms with Crippen LogP contribution in [0.25, 0.3) is 11.0 Å². The number of esters is 2. The van der Waals surface area contributed by atoms with Gasteiger partial charge in [0.15, 0.2) is 5.54 Å². The molecule has 28 heavy (non-hydrogen) atoms. The van der Waals surface area contributed by atoms with E-state index in [1.54, 1.807) is 18.2 Å². The van der Waals surface area contributed by atoms with E-state index in [0.29, 0.717) is 5.52 Å². The summed E-state index contributed by atoms with van der Waals surface area (Å²) in [6, 6.07) is 6.28. The van der Waals surface area contributed by atoms with E-state index in [2.05, 4.69) is 15.0 Å². The van der Waals surface area contributed by atoms with Crippen molar-refractivity contribution in [1.29, 1.82) is 0 Å². The third-order valence-electron chi connectivity index (χ3n) is 3.26. The summed E-state index contributed by atoms with van der Waals surface area (Å²) in [5.41, 5.74) is -1.69. The van der Waals surface area contributed by atoms with Crippen LogP contribution < -0.4 is 29.6 Å². The largest absolute Gasteiger partial charge is 1.00 e. The van der Waals surface area contributed by atoms with Crippen LogP contribution in [0, 0.1) is 0 Å². The molecule has 0 saturated heterocycles. The topological polar surface area (TPSA) is 243 Å². The molecule has 0 amide bonds. The Hall–Kier alpha value is -2.42. The molecule has 2 aromatic rings. The van der Waals surface area contributed by atoms with Gasteiger partial charge in [0, 0.05) is 6.92 Å². The van der Waals surface area contributed by atoms with E-state index in [0.717, 1.165) is 11.6 Å². The fourth-order valence-electron chi connectivity index (χ4n) is 2.35. The number of carbonyl (C=O) groups is 4. The van der Waals surface area contributed by atoms with Crippen LogP contribution in [0.1, 0.15) is 21.2 Å². The van der Waals surface area contributed by atoms with E-state index in [1.807, 2.05) is 0 Å². The number of nitrogens with zero attached hydrogens (tertiary/aromatic N) is 3. The summed E-state index contributed by atoms with van der Waals surface area (Å²) in [6.07, 6.45) is -1.89. The Morgan fingerprint density at radius 2 is 1.57 bits per heavy atom.